The van der Waals surface area contributed by atoms with Gasteiger partial charge in [0.25, 0.3) is 0 Å². The topological polar surface area (TPSA) is 29.9 Å². The number of aromatic nitrogens is 2. The Morgan fingerprint density at radius 1 is 1.24 bits per heavy atom. The Labute approximate surface area is 131 Å². The quantitative estimate of drug-likeness (QED) is 0.885. The van der Waals surface area contributed by atoms with E-state index in [1.165, 1.54) is 19.3 Å². The molecule has 21 heavy (non-hydrogen) atoms. The van der Waals surface area contributed by atoms with Gasteiger partial charge in [0.05, 0.1) is 10.7 Å². The van der Waals surface area contributed by atoms with Gasteiger partial charge in [-0.15, -0.1) is 0 Å². The smallest absolute Gasteiger partial charge is 0.106 e. The predicted molar refractivity (Wildman–Crippen MR) is 88.2 cm³/mol. The molecular weight excluding hydrogens is 282 g/mol. The zero-order valence-electron chi connectivity index (χ0n) is 12.6. The van der Waals surface area contributed by atoms with E-state index in [-0.39, 0.29) is 0 Å². The minimum Gasteiger partial charge on any atom is -0.380 e. The van der Waals surface area contributed by atoms with Crippen molar-refractivity contribution in [1.82, 2.24) is 9.78 Å². The van der Waals surface area contributed by atoms with Crippen molar-refractivity contribution in [3.8, 4) is 5.69 Å². The number of benzene rings is 1. The highest BCUT2D eigenvalue weighted by Crippen LogP contribution is 2.34. The number of nitrogens with zero attached hydrogens (tertiary/aromatic N) is 2. The fourth-order valence-corrected chi connectivity index (χ4v) is 3.61. The van der Waals surface area contributed by atoms with Gasteiger partial charge in [0.1, 0.15) is 5.69 Å². The molecule has 3 unspecified atom stereocenters. The fraction of sp³-hybridized carbons (Fsp3) is 0.471. The third kappa shape index (κ3) is 3.08. The van der Waals surface area contributed by atoms with E-state index in [2.05, 4.69) is 30.3 Å². The molecule has 1 saturated carbocycles. The molecule has 4 heteroatoms. The van der Waals surface area contributed by atoms with E-state index in [0.717, 1.165) is 22.3 Å². The van der Waals surface area contributed by atoms with Gasteiger partial charge in [-0.3, -0.25) is 0 Å². The SMILES string of the molecule is CC1CCC(Nc2cccc(Cl)c2-n2cccn2)C(C)C1. The van der Waals surface area contributed by atoms with Crippen LogP contribution in [0.5, 0.6) is 0 Å². The van der Waals surface area contributed by atoms with Crippen LogP contribution < -0.4 is 5.32 Å². The molecule has 0 saturated heterocycles. The molecule has 2 aromatic rings. The van der Waals surface area contributed by atoms with Crippen molar-refractivity contribution in [2.75, 3.05) is 5.32 Å². The number of nitrogens with one attached hydrogen (secondary N) is 1. The van der Waals surface area contributed by atoms with Gasteiger partial charge in [-0.2, -0.15) is 5.10 Å². The second kappa shape index (κ2) is 6.10. The minimum absolute atomic E-state index is 0.508. The van der Waals surface area contributed by atoms with E-state index < -0.39 is 0 Å². The Morgan fingerprint density at radius 3 is 2.81 bits per heavy atom. The lowest BCUT2D eigenvalue weighted by Gasteiger charge is -2.34. The van der Waals surface area contributed by atoms with Crippen LogP contribution in [0.25, 0.3) is 5.69 Å². The summed E-state index contributed by atoms with van der Waals surface area (Å²) >= 11 is 6.40. The van der Waals surface area contributed by atoms with Crippen molar-refractivity contribution in [3.05, 3.63) is 41.7 Å². The summed E-state index contributed by atoms with van der Waals surface area (Å²) < 4.78 is 1.83. The predicted octanol–water partition coefficient (Wildman–Crippen LogP) is 4.76. The summed E-state index contributed by atoms with van der Waals surface area (Å²) in [6, 6.07) is 8.42. The van der Waals surface area contributed by atoms with Crippen LogP contribution in [0.15, 0.2) is 36.7 Å². The number of hydrogen-bond acceptors (Lipinski definition) is 2. The summed E-state index contributed by atoms with van der Waals surface area (Å²) in [5.41, 5.74) is 2.01. The molecule has 1 aliphatic carbocycles. The van der Waals surface area contributed by atoms with Crippen LogP contribution in [-0.4, -0.2) is 15.8 Å². The summed E-state index contributed by atoms with van der Waals surface area (Å²) in [7, 11) is 0. The van der Waals surface area contributed by atoms with Crippen molar-refractivity contribution < 1.29 is 0 Å². The summed E-state index contributed by atoms with van der Waals surface area (Å²) in [6.07, 6.45) is 7.50. The molecule has 0 spiro atoms. The maximum absolute atomic E-state index is 6.40. The summed E-state index contributed by atoms with van der Waals surface area (Å²) in [5, 5.41) is 8.75. The highest BCUT2D eigenvalue weighted by molar-refractivity contribution is 6.33. The number of halogens is 1. The third-order valence-electron chi connectivity index (χ3n) is 4.49. The Bertz CT molecular complexity index is 594. The number of para-hydroxylation sites is 1. The van der Waals surface area contributed by atoms with Gasteiger partial charge in [0, 0.05) is 18.4 Å². The van der Waals surface area contributed by atoms with Crippen molar-refractivity contribution in [2.24, 2.45) is 11.8 Å². The zero-order valence-corrected chi connectivity index (χ0v) is 13.3. The lowest BCUT2D eigenvalue weighted by atomic mass is 9.80. The number of rotatable bonds is 3. The molecule has 3 atom stereocenters. The second-order valence-corrected chi connectivity index (χ2v) is 6.64. The first kappa shape index (κ1) is 14.5. The van der Waals surface area contributed by atoms with E-state index in [4.69, 9.17) is 11.6 Å². The third-order valence-corrected chi connectivity index (χ3v) is 4.80. The summed E-state index contributed by atoms with van der Waals surface area (Å²) in [5.74, 6) is 1.52. The highest BCUT2D eigenvalue weighted by atomic mass is 35.5. The fourth-order valence-electron chi connectivity index (χ4n) is 3.35. The van der Waals surface area contributed by atoms with Crippen LogP contribution in [0.3, 0.4) is 0 Å². The van der Waals surface area contributed by atoms with E-state index in [9.17, 15) is 0 Å². The minimum atomic E-state index is 0.508. The van der Waals surface area contributed by atoms with E-state index in [0.29, 0.717) is 12.0 Å². The molecule has 1 fully saturated rings. The molecular formula is C17H22ClN3. The Kier molecular flexibility index (Phi) is 4.20. The van der Waals surface area contributed by atoms with E-state index in [1.807, 2.05) is 29.1 Å². The van der Waals surface area contributed by atoms with Gasteiger partial charge in [-0.1, -0.05) is 31.5 Å². The molecule has 1 heterocycles. The van der Waals surface area contributed by atoms with Crippen molar-refractivity contribution in [2.45, 2.75) is 39.2 Å². The number of hydrogen-bond donors (Lipinski definition) is 1. The monoisotopic (exact) mass is 303 g/mol. The largest absolute Gasteiger partial charge is 0.380 e. The molecule has 0 radical (unpaired) electrons. The first-order chi connectivity index (χ1) is 10.1. The molecule has 1 aliphatic rings. The lowest BCUT2D eigenvalue weighted by molar-refractivity contribution is 0.276. The zero-order chi connectivity index (χ0) is 14.8. The molecule has 3 nitrogen and oxygen atoms in total. The lowest BCUT2D eigenvalue weighted by Crippen LogP contribution is -2.33. The van der Waals surface area contributed by atoms with Crippen LogP contribution in [0, 0.1) is 11.8 Å². The van der Waals surface area contributed by atoms with E-state index >= 15 is 0 Å². The van der Waals surface area contributed by atoms with Crippen molar-refractivity contribution >= 4 is 17.3 Å². The van der Waals surface area contributed by atoms with Crippen LogP contribution in [-0.2, 0) is 0 Å². The summed E-state index contributed by atoms with van der Waals surface area (Å²) in [4.78, 5) is 0. The Hall–Kier alpha value is -1.48. The molecule has 3 rings (SSSR count). The van der Waals surface area contributed by atoms with Crippen LogP contribution in [0.1, 0.15) is 33.1 Å². The molecule has 112 valence electrons. The number of anilines is 1. The van der Waals surface area contributed by atoms with Crippen LogP contribution in [0.4, 0.5) is 5.69 Å². The van der Waals surface area contributed by atoms with Gasteiger partial charge in [-0.05, 0) is 49.3 Å². The normalized spacial score (nSPS) is 25.8. The van der Waals surface area contributed by atoms with Gasteiger partial charge in [0.2, 0.25) is 0 Å². The first-order valence-electron chi connectivity index (χ1n) is 7.70. The maximum Gasteiger partial charge on any atom is 0.106 e. The van der Waals surface area contributed by atoms with Gasteiger partial charge < -0.3 is 5.32 Å². The standard InChI is InChI=1S/C17H22ClN3/c1-12-7-8-15(13(2)11-12)20-16-6-3-5-14(18)17(16)21-10-4-9-19-21/h3-6,9-10,12-13,15,20H,7-8,11H2,1-2H3. The van der Waals surface area contributed by atoms with E-state index in [1.54, 1.807) is 6.20 Å². The second-order valence-electron chi connectivity index (χ2n) is 6.23. The van der Waals surface area contributed by atoms with Crippen molar-refractivity contribution in [1.29, 1.82) is 0 Å². The molecule has 0 aliphatic heterocycles. The molecule has 1 N–H and O–H groups in total. The Morgan fingerprint density at radius 2 is 2.10 bits per heavy atom. The van der Waals surface area contributed by atoms with Crippen molar-refractivity contribution in [3.63, 3.8) is 0 Å². The average Bonchev–Trinajstić information content (AvgIpc) is 2.96. The van der Waals surface area contributed by atoms with Gasteiger partial charge in [-0.25, -0.2) is 4.68 Å². The van der Waals surface area contributed by atoms with Gasteiger partial charge >= 0.3 is 0 Å². The molecule has 1 aromatic heterocycles. The molecule has 1 aromatic carbocycles. The van der Waals surface area contributed by atoms with Crippen LogP contribution in [0.2, 0.25) is 5.02 Å². The molecule has 0 amide bonds. The molecule has 0 bridgehead atoms. The summed E-state index contributed by atoms with van der Waals surface area (Å²) in [6.45, 7) is 4.69. The first-order valence-corrected chi connectivity index (χ1v) is 8.08. The maximum atomic E-state index is 6.40. The average molecular weight is 304 g/mol. The van der Waals surface area contributed by atoms with Crippen LogP contribution >= 0.6 is 11.6 Å². The Balaban J connectivity index is 1.88. The van der Waals surface area contributed by atoms with Gasteiger partial charge in [0.15, 0.2) is 0 Å². The highest BCUT2D eigenvalue weighted by Gasteiger charge is 2.26.